The number of benzene rings is 2. The van der Waals surface area contributed by atoms with Gasteiger partial charge in [-0.15, -0.1) is 0 Å². The molecular weight excluding hydrogens is 440 g/mol. The molecule has 0 saturated carbocycles. The van der Waals surface area contributed by atoms with Crippen molar-refractivity contribution < 1.29 is 18.3 Å². The first-order valence-electron chi connectivity index (χ1n) is 11.0. The Morgan fingerprint density at radius 2 is 1.88 bits per heavy atom. The minimum Gasteiger partial charge on any atom is -0.507 e. The first-order chi connectivity index (χ1) is 15.7. The summed E-state index contributed by atoms with van der Waals surface area (Å²) in [5.74, 6) is -0.295. The number of hydrogen-bond donors (Lipinski definition) is 3. The molecular formula is C24H28N4O4S. The minimum atomic E-state index is -3.57. The molecule has 3 N–H and O–H groups in total. The number of rotatable bonds is 5. The number of carbonyl (C=O) groups excluding carboxylic acids is 1. The summed E-state index contributed by atoms with van der Waals surface area (Å²) in [6, 6.07) is 11.4. The maximum atomic E-state index is 13.0. The van der Waals surface area contributed by atoms with Gasteiger partial charge in [0.05, 0.1) is 10.6 Å². The van der Waals surface area contributed by atoms with Gasteiger partial charge in [-0.1, -0.05) is 12.5 Å². The Morgan fingerprint density at radius 1 is 1.15 bits per heavy atom. The fraction of sp³-hybridized carbons (Fsp3) is 0.333. The molecule has 2 heterocycles. The van der Waals surface area contributed by atoms with Crippen molar-refractivity contribution in [3.63, 3.8) is 0 Å². The van der Waals surface area contributed by atoms with Gasteiger partial charge in [-0.05, 0) is 81.1 Å². The zero-order chi connectivity index (χ0) is 23.8. The number of aryl methyl sites for hydroxylation is 2. The lowest BCUT2D eigenvalue weighted by molar-refractivity contribution is 0.102. The summed E-state index contributed by atoms with van der Waals surface area (Å²) in [5.41, 5.74) is 3.40. The van der Waals surface area contributed by atoms with Crippen molar-refractivity contribution in [3.05, 3.63) is 59.3 Å². The molecule has 4 rings (SSSR count). The molecule has 33 heavy (non-hydrogen) atoms. The Bertz CT molecular complexity index is 1280. The van der Waals surface area contributed by atoms with Crippen LogP contribution in [0.15, 0.2) is 47.4 Å². The van der Waals surface area contributed by atoms with E-state index in [9.17, 15) is 18.3 Å². The van der Waals surface area contributed by atoms with Crippen molar-refractivity contribution in [3.8, 4) is 17.0 Å². The SMILES string of the molecule is Cc1cc(C)c(O)c(-c2cc(C(=O)Nc3ccc(S(=O)(=O)N4CCCCC4C)cc3)[nH]n2)c1. The van der Waals surface area contributed by atoms with Crippen molar-refractivity contribution in [1.82, 2.24) is 14.5 Å². The first kappa shape index (κ1) is 23.0. The summed E-state index contributed by atoms with van der Waals surface area (Å²) < 4.78 is 27.5. The van der Waals surface area contributed by atoms with E-state index in [-0.39, 0.29) is 22.4 Å². The molecule has 1 aliphatic heterocycles. The average molecular weight is 469 g/mol. The highest BCUT2D eigenvalue weighted by Crippen LogP contribution is 2.32. The second kappa shape index (κ2) is 8.99. The third-order valence-corrected chi connectivity index (χ3v) is 8.03. The van der Waals surface area contributed by atoms with Crippen molar-refractivity contribution in [2.45, 2.75) is 51.0 Å². The lowest BCUT2D eigenvalue weighted by atomic mass is 10.0. The number of hydrogen-bond acceptors (Lipinski definition) is 5. The third-order valence-electron chi connectivity index (χ3n) is 6.00. The molecule has 0 aliphatic carbocycles. The van der Waals surface area contributed by atoms with Gasteiger partial charge in [0, 0.05) is 23.8 Å². The third kappa shape index (κ3) is 4.65. The van der Waals surface area contributed by atoms with Crippen molar-refractivity contribution in [2.24, 2.45) is 0 Å². The molecule has 174 valence electrons. The van der Waals surface area contributed by atoms with Crippen LogP contribution >= 0.6 is 0 Å². The van der Waals surface area contributed by atoms with Gasteiger partial charge in [-0.2, -0.15) is 9.40 Å². The standard InChI is InChI=1S/C24H28N4O4S/c1-15-12-16(2)23(29)20(13-15)21-14-22(27-26-21)24(30)25-18-7-9-19(10-8-18)33(31,32)28-11-5-4-6-17(28)3/h7-10,12-14,17,29H,4-6,11H2,1-3H3,(H,25,30)(H,26,27). The van der Waals surface area contributed by atoms with Crippen LogP contribution in [0.1, 0.15) is 47.8 Å². The van der Waals surface area contributed by atoms with Gasteiger partial charge in [-0.25, -0.2) is 8.42 Å². The van der Waals surface area contributed by atoms with Crippen LogP contribution in [-0.2, 0) is 10.0 Å². The van der Waals surface area contributed by atoms with Crippen LogP contribution in [0.4, 0.5) is 5.69 Å². The molecule has 1 aromatic heterocycles. The molecule has 1 aliphatic rings. The number of carbonyl (C=O) groups is 1. The molecule has 1 saturated heterocycles. The highest BCUT2D eigenvalue weighted by atomic mass is 32.2. The smallest absolute Gasteiger partial charge is 0.273 e. The second-order valence-electron chi connectivity index (χ2n) is 8.58. The Labute approximate surface area is 193 Å². The predicted octanol–water partition coefficient (Wildman–Crippen LogP) is 4.21. The molecule has 1 amide bonds. The molecule has 9 heteroatoms. The van der Waals surface area contributed by atoms with E-state index in [4.69, 9.17) is 0 Å². The Balaban J connectivity index is 1.49. The van der Waals surface area contributed by atoms with Crippen molar-refractivity contribution >= 4 is 21.6 Å². The number of H-pyrrole nitrogens is 1. The van der Waals surface area contributed by atoms with E-state index in [1.54, 1.807) is 22.5 Å². The van der Waals surface area contributed by atoms with E-state index in [0.717, 1.165) is 30.4 Å². The Morgan fingerprint density at radius 3 is 2.58 bits per heavy atom. The van der Waals surface area contributed by atoms with Gasteiger partial charge < -0.3 is 10.4 Å². The van der Waals surface area contributed by atoms with Gasteiger partial charge in [0.25, 0.3) is 5.91 Å². The Hall–Kier alpha value is -3.17. The number of amides is 1. The zero-order valence-electron chi connectivity index (χ0n) is 18.9. The summed E-state index contributed by atoms with van der Waals surface area (Å²) >= 11 is 0. The van der Waals surface area contributed by atoms with Crippen molar-refractivity contribution in [2.75, 3.05) is 11.9 Å². The number of piperidine rings is 1. The van der Waals surface area contributed by atoms with Crippen LogP contribution in [0.3, 0.4) is 0 Å². The summed E-state index contributed by atoms with van der Waals surface area (Å²) in [6.07, 6.45) is 2.76. The number of nitrogens with one attached hydrogen (secondary N) is 2. The van der Waals surface area contributed by atoms with Crippen LogP contribution in [0.2, 0.25) is 0 Å². The maximum Gasteiger partial charge on any atom is 0.273 e. The number of aromatic nitrogens is 2. The molecule has 2 aromatic carbocycles. The van der Waals surface area contributed by atoms with E-state index < -0.39 is 15.9 Å². The van der Waals surface area contributed by atoms with Gasteiger partial charge in [0.2, 0.25) is 10.0 Å². The number of nitrogens with zero attached hydrogens (tertiary/aromatic N) is 2. The zero-order valence-corrected chi connectivity index (χ0v) is 19.7. The predicted molar refractivity (Wildman–Crippen MR) is 127 cm³/mol. The lowest BCUT2D eigenvalue weighted by Gasteiger charge is -2.32. The largest absolute Gasteiger partial charge is 0.507 e. The molecule has 8 nitrogen and oxygen atoms in total. The van der Waals surface area contributed by atoms with Crippen LogP contribution in [0.5, 0.6) is 5.75 Å². The van der Waals surface area contributed by atoms with E-state index in [1.807, 2.05) is 32.9 Å². The lowest BCUT2D eigenvalue weighted by Crippen LogP contribution is -2.41. The highest BCUT2D eigenvalue weighted by molar-refractivity contribution is 7.89. The first-order valence-corrected chi connectivity index (χ1v) is 12.4. The number of phenolic OH excluding ortho intramolecular Hbond substituents is 1. The molecule has 0 radical (unpaired) electrons. The number of sulfonamides is 1. The van der Waals surface area contributed by atoms with E-state index in [1.165, 1.54) is 12.1 Å². The van der Waals surface area contributed by atoms with Gasteiger partial charge in [0.1, 0.15) is 11.4 Å². The van der Waals surface area contributed by atoms with Crippen LogP contribution < -0.4 is 5.32 Å². The molecule has 0 spiro atoms. The number of anilines is 1. The fourth-order valence-corrected chi connectivity index (χ4v) is 5.90. The van der Waals surface area contributed by atoms with Gasteiger partial charge in [0.15, 0.2) is 0 Å². The monoisotopic (exact) mass is 468 g/mol. The van der Waals surface area contributed by atoms with Crippen LogP contribution in [0, 0.1) is 13.8 Å². The van der Waals surface area contributed by atoms with Crippen molar-refractivity contribution in [1.29, 1.82) is 0 Å². The van der Waals surface area contributed by atoms with E-state index in [2.05, 4.69) is 15.5 Å². The summed E-state index contributed by atoms with van der Waals surface area (Å²) in [7, 11) is -3.57. The van der Waals surface area contributed by atoms with Gasteiger partial charge in [-0.3, -0.25) is 9.89 Å². The number of aromatic hydroxyl groups is 1. The highest BCUT2D eigenvalue weighted by Gasteiger charge is 2.30. The average Bonchev–Trinajstić information content (AvgIpc) is 3.27. The summed E-state index contributed by atoms with van der Waals surface area (Å²) in [5, 5.41) is 20.0. The normalized spacial score (nSPS) is 17.1. The van der Waals surface area contributed by atoms with Gasteiger partial charge >= 0.3 is 0 Å². The quantitative estimate of drug-likeness (QED) is 0.519. The fourth-order valence-electron chi connectivity index (χ4n) is 4.20. The topological polar surface area (TPSA) is 115 Å². The number of aromatic amines is 1. The number of phenols is 1. The molecule has 0 bridgehead atoms. The summed E-state index contributed by atoms with van der Waals surface area (Å²) in [4.78, 5) is 12.9. The second-order valence-corrected chi connectivity index (χ2v) is 10.5. The maximum absolute atomic E-state index is 13.0. The Kier molecular flexibility index (Phi) is 6.27. The van der Waals surface area contributed by atoms with E-state index >= 15 is 0 Å². The summed E-state index contributed by atoms with van der Waals surface area (Å²) in [6.45, 7) is 6.19. The van der Waals surface area contributed by atoms with Crippen LogP contribution in [-0.4, -0.2) is 46.5 Å². The van der Waals surface area contributed by atoms with E-state index in [0.29, 0.717) is 23.5 Å². The molecule has 3 aromatic rings. The molecule has 1 atom stereocenters. The minimum absolute atomic E-state index is 0.0191. The molecule has 1 fully saturated rings. The molecule has 1 unspecified atom stereocenters. The van der Waals surface area contributed by atoms with Crippen LogP contribution in [0.25, 0.3) is 11.3 Å².